The van der Waals surface area contributed by atoms with E-state index in [1.165, 1.54) is 17.5 Å². The van der Waals surface area contributed by atoms with E-state index in [0.29, 0.717) is 18.4 Å². The van der Waals surface area contributed by atoms with Crippen molar-refractivity contribution in [2.45, 2.75) is 44.9 Å². The summed E-state index contributed by atoms with van der Waals surface area (Å²) >= 11 is 0. The number of carboxylic acid groups (broad SMARTS) is 2. The van der Waals surface area contributed by atoms with Crippen LogP contribution in [0.4, 0.5) is 0 Å². The van der Waals surface area contributed by atoms with Gasteiger partial charge in [-0.25, -0.2) is 9.59 Å². The maximum Gasteiger partial charge on any atom is 0.414 e. The Morgan fingerprint density at radius 1 is 1.06 bits per heavy atom. The number of aliphatic carboxylic acids is 2. The Balaban J connectivity index is 0.000000401. The van der Waals surface area contributed by atoms with Crippen molar-refractivity contribution in [3.05, 3.63) is 65.2 Å². The topological polar surface area (TPSA) is 107 Å². The molecule has 1 saturated heterocycles. The fourth-order valence-electron chi connectivity index (χ4n) is 4.48. The van der Waals surface area contributed by atoms with E-state index >= 15 is 0 Å². The molecule has 0 saturated carbocycles. The van der Waals surface area contributed by atoms with Crippen molar-refractivity contribution in [2.75, 3.05) is 13.1 Å². The van der Waals surface area contributed by atoms with Crippen LogP contribution < -0.4 is 0 Å². The molecule has 3 N–H and O–H groups in total. The lowest BCUT2D eigenvalue weighted by Gasteiger charge is -2.34. The second-order valence-corrected chi connectivity index (χ2v) is 8.15. The molecule has 7 heteroatoms. The molecule has 1 aliphatic heterocycles. The highest BCUT2D eigenvalue weighted by atomic mass is 16.5. The third-order valence-corrected chi connectivity index (χ3v) is 6.00. The highest BCUT2D eigenvalue weighted by Gasteiger charge is 2.38. The van der Waals surface area contributed by atoms with Crippen LogP contribution in [0.2, 0.25) is 0 Å². The number of nitrogens with zero attached hydrogens (tertiary/aromatic N) is 1. The Morgan fingerprint density at radius 2 is 1.77 bits per heavy atom. The number of hydrogen-bond acceptors (Lipinski definition) is 5. The molecule has 0 unspecified atom stereocenters. The normalized spacial score (nSPS) is 20.7. The molecule has 1 fully saturated rings. The molecule has 7 nitrogen and oxygen atoms in total. The number of benzene rings is 2. The van der Waals surface area contributed by atoms with E-state index in [0.717, 1.165) is 37.4 Å². The van der Waals surface area contributed by atoms with Gasteiger partial charge in [0, 0.05) is 12.6 Å². The van der Waals surface area contributed by atoms with Gasteiger partial charge < -0.3 is 20.1 Å². The predicted octanol–water partition coefficient (Wildman–Crippen LogP) is 2.94. The minimum Gasteiger partial charge on any atom is -0.508 e. The quantitative estimate of drug-likeness (QED) is 0.630. The predicted molar refractivity (Wildman–Crippen MR) is 115 cm³/mol. The number of fused-ring (bicyclic) bond motifs is 2. The number of phenolic OH excluding ortho intramolecular Hbond substituents is 1. The summed E-state index contributed by atoms with van der Waals surface area (Å²) in [4.78, 5) is 20.8. The number of hydrogen-bond donors (Lipinski definition) is 3. The highest BCUT2D eigenvalue weighted by molar-refractivity contribution is 6.27. The largest absolute Gasteiger partial charge is 0.508 e. The molecule has 0 amide bonds. The first-order chi connectivity index (χ1) is 14.8. The van der Waals surface area contributed by atoms with Gasteiger partial charge in [0.2, 0.25) is 0 Å². The lowest BCUT2D eigenvalue weighted by Crippen LogP contribution is -2.41. The molecule has 166 valence electrons. The molecule has 4 rings (SSSR count). The fraction of sp³-hybridized carbons (Fsp3) is 0.417. The van der Waals surface area contributed by atoms with E-state index in [-0.39, 0.29) is 6.10 Å². The zero-order chi connectivity index (χ0) is 22.4. The van der Waals surface area contributed by atoms with Crippen LogP contribution in [-0.2, 0) is 33.8 Å². The van der Waals surface area contributed by atoms with Crippen LogP contribution in [0, 0.1) is 5.92 Å². The van der Waals surface area contributed by atoms with E-state index in [2.05, 4.69) is 42.2 Å². The molecule has 31 heavy (non-hydrogen) atoms. The van der Waals surface area contributed by atoms with E-state index < -0.39 is 11.9 Å². The van der Waals surface area contributed by atoms with E-state index in [4.69, 9.17) is 24.5 Å². The van der Waals surface area contributed by atoms with Gasteiger partial charge in [0.15, 0.2) is 0 Å². The molecule has 0 aromatic heterocycles. The molecule has 0 spiro atoms. The Kier molecular flexibility index (Phi) is 7.65. The van der Waals surface area contributed by atoms with Crippen LogP contribution in [0.15, 0.2) is 48.5 Å². The van der Waals surface area contributed by atoms with Gasteiger partial charge in [-0.3, -0.25) is 4.90 Å². The summed E-state index contributed by atoms with van der Waals surface area (Å²) < 4.78 is 6.07. The molecule has 2 aromatic carbocycles. The second kappa shape index (κ2) is 10.4. The molecule has 3 atom stereocenters. The van der Waals surface area contributed by atoms with Gasteiger partial charge in [-0.15, -0.1) is 0 Å². The van der Waals surface area contributed by atoms with Gasteiger partial charge in [-0.2, -0.15) is 0 Å². The SMILES string of the molecule is C[C@@H](CN1CC[C@H]2Cc3cccc(O)c3C[C@H]21)OCc1ccccc1.O=C(O)C(=O)O. The van der Waals surface area contributed by atoms with E-state index in [1.54, 1.807) is 0 Å². The van der Waals surface area contributed by atoms with Crippen LogP contribution in [0.25, 0.3) is 0 Å². The maximum absolute atomic E-state index is 10.2. The first-order valence-corrected chi connectivity index (χ1v) is 10.5. The zero-order valence-electron chi connectivity index (χ0n) is 17.6. The monoisotopic (exact) mass is 427 g/mol. The van der Waals surface area contributed by atoms with Crippen molar-refractivity contribution in [3.63, 3.8) is 0 Å². The third-order valence-electron chi connectivity index (χ3n) is 6.00. The smallest absolute Gasteiger partial charge is 0.414 e. The lowest BCUT2D eigenvalue weighted by molar-refractivity contribution is -0.159. The first kappa shape index (κ1) is 22.8. The average Bonchev–Trinajstić information content (AvgIpc) is 3.14. The van der Waals surface area contributed by atoms with Crippen LogP contribution >= 0.6 is 0 Å². The van der Waals surface area contributed by atoms with Gasteiger partial charge in [-0.05, 0) is 61.4 Å². The first-order valence-electron chi connectivity index (χ1n) is 10.5. The molecule has 0 radical (unpaired) electrons. The fourth-order valence-corrected chi connectivity index (χ4v) is 4.48. The number of ether oxygens (including phenoxy) is 1. The van der Waals surface area contributed by atoms with Gasteiger partial charge >= 0.3 is 11.9 Å². The molecule has 2 aromatic rings. The zero-order valence-corrected chi connectivity index (χ0v) is 17.6. The number of phenols is 1. The molecule has 1 aliphatic carbocycles. The Bertz CT molecular complexity index is 888. The third kappa shape index (κ3) is 6.06. The van der Waals surface area contributed by atoms with Crippen LogP contribution in [0.3, 0.4) is 0 Å². The molecule has 0 bridgehead atoms. The second-order valence-electron chi connectivity index (χ2n) is 8.15. The number of carbonyl (C=O) groups is 2. The van der Waals surface area contributed by atoms with E-state index in [1.807, 2.05) is 18.2 Å². The molecular weight excluding hydrogens is 398 g/mol. The highest BCUT2D eigenvalue weighted by Crippen LogP contribution is 2.38. The maximum atomic E-state index is 10.2. The van der Waals surface area contributed by atoms with Gasteiger partial charge in [0.25, 0.3) is 0 Å². The van der Waals surface area contributed by atoms with Crippen molar-refractivity contribution in [1.29, 1.82) is 0 Å². The minimum atomic E-state index is -1.82. The van der Waals surface area contributed by atoms with Crippen molar-refractivity contribution in [3.8, 4) is 5.75 Å². The number of likely N-dealkylation sites (tertiary alicyclic amines) is 1. The summed E-state index contributed by atoms with van der Waals surface area (Å²) in [6, 6.07) is 16.9. The van der Waals surface area contributed by atoms with Crippen LogP contribution in [-0.4, -0.2) is 57.4 Å². The minimum absolute atomic E-state index is 0.213. The Labute approximate surface area is 181 Å². The summed E-state index contributed by atoms with van der Waals surface area (Å²) in [5, 5.41) is 25.0. The Morgan fingerprint density at radius 3 is 2.45 bits per heavy atom. The molecule has 1 heterocycles. The summed E-state index contributed by atoms with van der Waals surface area (Å²) in [5.41, 5.74) is 3.73. The van der Waals surface area contributed by atoms with Crippen molar-refractivity contribution in [1.82, 2.24) is 4.90 Å². The van der Waals surface area contributed by atoms with Crippen molar-refractivity contribution >= 4 is 11.9 Å². The van der Waals surface area contributed by atoms with Crippen molar-refractivity contribution in [2.24, 2.45) is 5.92 Å². The van der Waals surface area contributed by atoms with Gasteiger partial charge in [-0.1, -0.05) is 42.5 Å². The van der Waals surface area contributed by atoms with Crippen LogP contribution in [0.1, 0.15) is 30.0 Å². The Hall–Kier alpha value is -2.90. The summed E-state index contributed by atoms with van der Waals surface area (Å²) in [7, 11) is 0. The summed E-state index contributed by atoms with van der Waals surface area (Å²) in [5.74, 6) is -2.46. The average molecular weight is 427 g/mol. The van der Waals surface area contributed by atoms with E-state index in [9.17, 15) is 5.11 Å². The number of aromatic hydroxyl groups is 1. The number of carboxylic acids is 2. The van der Waals surface area contributed by atoms with Crippen molar-refractivity contribution < 1.29 is 29.6 Å². The van der Waals surface area contributed by atoms with Crippen LogP contribution in [0.5, 0.6) is 5.75 Å². The van der Waals surface area contributed by atoms with Gasteiger partial charge in [0.1, 0.15) is 5.75 Å². The molecular formula is C24H29NO6. The van der Waals surface area contributed by atoms with Gasteiger partial charge in [0.05, 0.1) is 12.7 Å². The summed E-state index contributed by atoms with van der Waals surface area (Å²) in [6.07, 6.45) is 3.54. The molecule has 2 aliphatic rings. The standard InChI is InChI=1S/C22H27NO2.C2H2O4/c1-16(25-15-17-6-3-2-4-7-17)14-23-11-10-19-12-18-8-5-9-22(24)20(18)13-21(19)23;3-1(4)2(5)6/h2-9,16,19,21,24H,10-15H2,1H3;(H,3,4)(H,5,6)/t16-,19-,21+;/m0./s1. The lowest BCUT2D eigenvalue weighted by atomic mass is 9.80. The summed E-state index contributed by atoms with van der Waals surface area (Å²) in [6.45, 7) is 4.96. The number of rotatable bonds is 5.